The van der Waals surface area contributed by atoms with Crippen molar-refractivity contribution in [3.63, 3.8) is 0 Å². The molecule has 21 heavy (non-hydrogen) atoms. The Hall–Kier alpha value is -2.94. The second kappa shape index (κ2) is 6.48. The molecule has 0 aliphatic carbocycles. The van der Waals surface area contributed by atoms with Gasteiger partial charge in [0.25, 0.3) is 0 Å². The lowest BCUT2D eigenvalue weighted by molar-refractivity contribution is -0.114. The Morgan fingerprint density at radius 3 is 2.29 bits per heavy atom. The second-order valence-electron chi connectivity index (χ2n) is 4.19. The van der Waals surface area contributed by atoms with Gasteiger partial charge in [0.2, 0.25) is 5.91 Å². The number of carbonyl (C=O) groups excluding carboxylic acids is 1. The van der Waals surface area contributed by atoms with Crippen molar-refractivity contribution >= 4 is 17.3 Å². The van der Waals surface area contributed by atoms with Crippen LogP contribution in [0.5, 0.6) is 0 Å². The van der Waals surface area contributed by atoms with Crippen molar-refractivity contribution in [1.29, 1.82) is 5.26 Å². The molecule has 0 radical (unpaired) electrons. The predicted octanol–water partition coefficient (Wildman–Crippen LogP) is 2.89. The van der Waals surface area contributed by atoms with Gasteiger partial charge in [-0.1, -0.05) is 6.07 Å². The Balaban J connectivity index is 1.94. The normalized spacial score (nSPS) is 9.76. The van der Waals surface area contributed by atoms with Crippen molar-refractivity contribution in [2.75, 3.05) is 17.2 Å². The zero-order valence-electron chi connectivity index (χ0n) is 10.9. The van der Waals surface area contributed by atoms with Crippen LogP contribution < -0.4 is 10.6 Å². The Labute approximate surface area is 120 Å². The minimum absolute atomic E-state index is 0.280. The third-order valence-electron chi connectivity index (χ3n) is 2.69. The van der Waals surface area contributed by atoms with E-state index in [1.807, 2.05) is 6.07 Å². The quantitative estimate of drug-likeness (QED) is 0.908. The lowest BCUT2D eigenvalue weighted by Crippen LogP contribution is -2.22. The van der Waals surface area contributed by atoms with Gasteiger partial charge in [-0.05, 0) is 36.4 Å². The molecule has 0 aromatic heterocycles. The minimum Gasteiger partial charge on any atom is -0.371 e. The molecule has 2 N–H and O–H groups in total. The standard InChI is InChI=1S/C15H11F2N3O/c16-12-2-1-3-13(17)15(12)19-9-14(21)20-11-6-4-10(8-18)5-7-11/h1-7,19H,9H2,(H,20,21). The van der Waals surface area contributed by atoms with Crippen LogP contribution in [-0.4, -0.2) is 12.5 Å². The summed E-state index contributed by atoms with van der Waals surface area (Å²) < 4.78 is 26.7. The molecule has 0 fully saturated rings. The average molecular weight is 287 g/mol. The van der Waals surface area contributed by atoms with E-state index >= 15 is 0 Å². The SMILES string of the molecule is N#Cc1ccc(NC(=O)CNc2c(F)cccc2F)cc1. The van der Waals surface area contributed by atoms with Crippen molar-refractivity contribution in [3.05, 3.63) is 59.7 Å². The Kier molecular flexibility index (Phi) is 4.46. The highest BCUT2D eigenvalue weighted by Gasteiger charge is 2.09. The largest absolute Gasteiger partial charge is 0.371 e. The number of benzene rings is 2. The molecule has 0 aliphatic rings. The molecule has 0 heterocycles. The molecule has 0 atom stereocenters. The smallest absolute Gasteiger partial charge is 0.243 e. The summed E-state index contributed by atoms with van der Waals surface area (Å²) in [6, 6.07) is 11.7. The predicted molar refractivity (Wildman–Crippen MR) is 74.6 cm³/mol. The fourth-order valence-corrected chi connectivity index (χ4v) is 1.67. The summed E-state index contributed by atoms with van der Waals surface area (Å²) >= 11 is 0. The molecule has 0 saturated heterocycles. The summed E-state index contributed by atoms with van der Waals surface area (Å²) in [5, 5.41) is 13.6. The molecule has 0 saturated carbocycles. The maximum atomic E-state index is 13.3. The zero-order chi connectivity index (χ0) is 15.2. The van der Waals surface area contributed by atoms with Crippen LogP contribution in [0.1, 0.15) is 5.56 Å². The molecule has 0 unspecified atom stereocenters. The third-order valence-corrected chi connectivity index (χ3v) is 2.69. The van der Waals surface area contributed by atoms with E-state index < -0.39 is 17.5 Å². The number of anilines is 2. The Morgan fingerprint density at radius 2 is 1.71 bits per heavy atom. The van der Waals surface area contributed by atoms with E-state index in [0.29, 0.717) is 11.3 Å². The van der Waals surface area contributed by atoms with Gasteiger partial charge in [-0.25, -0.2) is 8.78 Å². The van der Waals surface area contributed by atoms with E-state index in [-0.39, 0.29) is 12.2 Å². The van der Waals surface area contributed by atoms with E-state index in [2.05, 4.69) is 10.6 Å². The summed E-state index contributed by atoms with van der Waals surface area (Å²) in [5.74, 6) is -1.98. The Bertz CT molecular complexity index is 673. The van der Waals surface area contributed by atoms with Gasteiger partial charge in [-0.15, -0.1) is 0 Å². The number of hydrogen-bond donors (Lipinski definition) is 2. The molecule has 2 aromatic carbocycles. The van der Waals surface area contributed by atoms with Crippen molar-refractivity contribution < 1.29 is 13.6 Å². The summed E-state index contributed by atoms with van der Waals surface area (Å²) in [5.41, 5.74) is 0.627. The van der Waals surface area contributed by atoms with E-state index in [0.717, 1.165) is 12.1 Å². The molecule has 4 nitrogen and oxygen atoms in total. The molecular weight excluding hydrogens is 276 g/mol. The van der Waals surface area contributed by atoms with Crippen molar-refractivity contribution in [2.24, 2.45) is 0 Å². The highest BCUT2D eigenvalue weighted by atomic mass is 19.1. The molecule has 2 rings (SSSR count). The van der Waals surface area contributed by atoms with Crippen LogP contribution in [0.15, 0.2) is 42.5 Å². The number of halogens is 2. The second-order valence-corrected chi connectivity index (χ2v) is 4.19. The number of nitrogens with zero attached hydrogens (tertiary/aromatic N) is 1. The molecule has 0 spiro atoms. The van der Waals surface area contributed by atoms with Crippen LogP contribution in [0, 0.1) is 23.0 Å². The number of nitriles is 1. The highest BCUT2D eigenvalue weighted by Crippen LogP contribution is 2.17. The first-order chi connectivity index (χ1) is 10.1. The van der Waals surface area contributed by atoms with E-state index in [1.54, 1.807) is 24.3 Å². The van der Waals surface area contributed by atoms with E-state index in [4.69, 9.17) is 5.26 Å². The van der Waals surface area contributed by atoms with Crippen LogP contribution in [0.3, 0.4) is 0 Å². The summed E-state index contributed by atoms with van der Waals surface area (Å²) in [6.07, 6.45) is 0. The summed E-state index contributed by atoms with van der Waals surface area (Å²) in [7, 11) is 0. The average Bonchev–Trinajstić information content (AvgIpc) is 2.47. The fourth-order valence-electron chi connectivity index (χ4n) is 1.67. The van der Waals surface area contributed by atoms with Gasteiger partial charge in [-0.2, -0.15) is 5.26 Å². The molecule has 6 heteroatoms. The van der Waals surface area contributed by atoms with E-state index in [1.165, 1.54) is 6.07 Å². The number of rotatable bonds is 4. The topological polar surface area (TPSA) is 64.9 Å². The Morgan fingerprint density at radius 1 is 1.10 bits per heavy atom. The highest BCUT2D eigenvalue weighted by molar-refractivity contribution is 5.93. The van der Waals surface area contributed by atoms with Gasteiger partial charge in [0, 0.05) is 5.69 Å². The van der Waals surface area contributed by atoms with Gasteiger partial charge in [0.1, 0.15) is 17.3 Å². The lowest BCUT2D eigenvalue weighted by Gasteiger charge is -2.09. The van der Waals surface area contributed by atoms with Crippen LogP contribution in [-0.2, 0) is 4.79 Å². The van der Waals surface area contributed by atoms with Gasteiger partial charge >= 0.3 is 0 Å². The third kappa shape index (κ3) is 3.76. The molecular formula is C15H11F2N3O. The maximum Gasteiger partial charge on any atom is 0.243 e. The molecule has 1 amide bonds. The zero-order valence-corrected chi connectivity index (χ0v) is 10.9. The van der Waals surface area contributed by atoms with Gasteiger partial charge < -0.3 is 10.6 Å². The minimum atomic E-state index is -0.763. The first-order valence-electron chi connectivity index (χ1n) is 6.08. The monoisotopic (exact) mass is 287 g/mol. The van der Waals surface area contributed by atoms with Crippen LogP contribution in [0.2, 0.25) is 0 Å². The molecule has 0 bridgehead atoms. The lowest BCUT2D eigenvalue weighted by atomic mass is 10.2. The molecule has 0 aliphatic heterocycles. The number of para-hydroxylation sites is 1. The molecule has 2 aromatic rings. The number of nitrogens with one attached hydrogen (secondary N) is 2. The van der Waals surface area contributed by atoms with Crippen molar-refractivity contribution in [3.8, 4) is 6.07 Å². The van der Waals surface area contributed by atoms with Crippen LogP contribution in [0.4, 0.5) is 20.2 Å². The van der Waals surface area contributed by atoms with Gasteiger partial charge in [-0.3, -0.25) is 4.79 Å². The summed E-state index contributed by atoms with van der Waals surface area (Å²) in [6.45, 7) is -0.280. The molecule has 106 valence electrons. The first kappa shape index (κ1) is 14.5. The van der Waals surface area contributed by atoms with E-state index in [9.17, 15) is 13.6 Å². The summed E-state index contributed by atoms with van der Waals surface area (Å²) in [4.78, 5) is 11.7. The van der Waals surface area contributed by atoms with Crippen molar-refractivity contribution in [2.45, 2.75) is 0 Å². The maximum absolute atomic E-state index is 13.3. The van der Waals surface area contributed by atoms with Crippen LogP contribution >= 0.6 is 0 Å². The van der Waals surface area contributed by atoms with Gasteiger partial charge in [0.05, 0.1) is 18.2 Å². The van der Waals surface area contributed by atoms with Crippen molar-refractivity contribution in [1.82, 2.24) is 0 Å². The fraction of sp³-hybridized carbons (Fsp3) is 0.0667. The van der Waals surface area contributed by atoms with Crippen LogP contribution in [0.25, 0.3) is 0 Å². The number of carbonyl (C=O) groups is 1. The first-order valence-corrected chi connectivity index (χ1v) is 6.08. The number of amides is 1. The van der Waals surface area contributed by atoms with Gasteiger partial charge in [0.15, 0.2) is 0 Å². The number of hydrogen-bond acceptors (Lipinski definition) is 3.